The molecule has 1 heterocycles. The minimum atomic E-state index is 0.295. The number of ether oxygens (including phenoxy) is 3. The summed E-state index contributed by atoms with van der Waals surface area (Å²) in [6.07, 6.45) is 1.89. The average Bonchev–Trinajstić information content (AvgIpc) is 2.72. The lowest BCUT2D eigenvalue weighted by molar-refractivity contribution is 0.174. The molecule has 0 atom stereocenters. The largest absolute Gasteiger partial charge is 0.474 e. The standard InChI is InChI=1S/C10H10O3S2/c1-15-10(14)11-5-7-2-3-8-9(4-7)13-6-12-8/h2-4H,5-6H2,1H3. The first-order valence-electron chi connectivity index (χ1n) is 4.39. The van der Waals surface area contributed by atoms with Gasteiger partial charge in [-0.2, -0.15) is 0 Å². The third-order valence-electron chi connectivity index (χ3n) is 1.96. The van der Waals surface area contributed by atoms with Gasteiger partial charge in [0, 0.05) is 0 Å². The van der Waals surface area contributed by atoms with E-state index in [2.05, 4.69) is 0 Å². The van der Waals surface area contributed by atoms with Gasteiger partial charge in [0.15, 0.2) is 11.5 Å². The van der Waals surface area contributed by atoms with Gasteiger partial charge >= 0.3 is 0 Å². The number of hydrogen-bond donors (Lipinski definition) is 0. The molecule has 0 fully saturated rings. The van der Waals surface area contributed by atoms with E-state index in [-0.39, 0.29) is 0 Å². The van der Waals surface area contributed by atoms with E-state index in [0.717, 1.165) is 17.1 Å². The molecule has 0 aliphatic carbocycles. The van der Waals surface area contributed by atoms with Crippen molar-refractivity contribution in [2.45, 2.75) is 6.61 Å². The first-order valence-corrected chi connectivity index (χ1v) is 6.02. The van der Waals surface area contributed by atoms with Crippen molar-refractivity contribution >= 4 is 28.4 Å². The molecular weight excluding hydrogens is 232 g/mol. The molecule has 80 valence electrons. The molecule has 3 nitrogen and oxygen atoms in total. The van der Waals surface area contributed by atoms with E-state index in [1.807, 2.05) is 24.5 Å². The van der Waals surface area contributed by atoms with E-state index in [1.54, 1.807) is 0 Å². The highest BCUT2D eigenvalue weighted by Gasteiger charge is 2.13. The van der Waals surface area contributed by atoms with E-state index in [4.69, 9.17) is 26.4 Å². The van der Waals surface area contributed by atoms with Crippen LogP contribution in [0, 0.1) is 0 Å². The Hall–Kier alpha value is -0.940. The average molecular weight is 242 g/mol. The molecule has 0 radical (unpaired) electrons. The van der Waals surface area contributed by atoms with Crippen LogP contribution in [0.5, 0.6) is 11.5 Å². The summed E-state index contributed by atoms with van der Waals surface area (Å²) in [7, 11) is 0. The van der Waals surface area contributed by atoms with Crippen LogP contribution in [0.2, 0.25) is 0 Å². The second-order valence-corrected chi connectivity index (χ2v) is 4.34. The number of fused-ring (bicyclic) bond motifs is 1. The fraction of sp³-hybridized carbons (Fsp3) is 0.300. The van der Waals surface area contributed by atoms with Gasteiger partial charge in [-0.3, -0.25) is 0 Å². The maximum Gasteiger partial charge on any atom is 0.231 e. The highest BCUT2D eigenvalue weighted by atomic mass is 32.2. The Morgan fingerprint density at radius 2 is 2.27 bits per heavy atom. The minimum Gasteiger partial charge on any atom is -0.474 e. The van der Waals surface area contributed by atoms with Gasteiger partial charge in [0.1, 0.15) is 6.61 Å². The van der Waals surface area contributed by atoms with Crippen molar-refractivity contribution in [3.05, 3.63) is 23.8 Å². The number of hydrogen-bond acceptors (Lipinski definition) is 5. The van der Waals surface area contributed by atoms with Crippen LogP contribution in [0.25, 0.3) is 0 Å². The van der Waals surface area contributed by atoms with Gasteiger partial charge in [0.2, 0.25) is 11.2 Å². The molecule has 5 heteroatoms. The van der Waals surface area contributed by atoms with E-state index in [0.29, 0.717) is 17.8 Å². The molecule has 0 bridgehead atoms. The molecule has 0 aromatic heterocycles. The Kier molecular flexibility index (Phi) is 3.33. The van der Waals surface area contributed by atoms with Crippen LogP contribution in [0.3, 0.4) is 0 Å². The van der Waals surface area contributed by atoms with Crippen LogP contribution < -0.4 is 9.47 Å². The van der Waals surface area contributed by atoms with Crippen LogP contribution in [0.4, 0.5) is 0 Å². The van der Waals surface area contributed by atoms with Crippen LogP contribution in [0.1, 0.15) is 5.56 Å². The number of thioether (sulfide) groups is 1. The van der Waals surface area contributed by atoms with E-state index in [9.17, 15) is 0 Å². The lowest BCUT2D eigenvalue weighted by Crippen LogP contribution is -1.96. The highest BCUT2D eigenvalue weighted by Crippen LogP contribution is 2.32. The Morgan fingerprint density at radius 3 is 3.07 bits per heavy atom. The van der Waals surface area contributed by atoms with Gasteiger partial charge in [-0.15, -0.1) is 0 Å². The zero-order valence-electron chi connectivity index (χ0n) is 8.19. The summed E-state index contributed by atoms with van der Waals surface area (Å²) in [5.74, 6) is 1.55. The van der Waals surface area contributed by atoms with Crippen LogP contribution >= 0.6 is 24.0 Å². The first kappa shape index (κ1) is 10.6. The van der Waals surface area contributed by atoms with Crippen LogP contribution in [0.15, 0.2) is 18.2 Å². The molecule has 0 unspecified atom stereocenters. The Balaban J connectivity index is 2.01. The molecule has 0 amide bonds. The predicted octanol–water partition coefficient (Wildman–Crippen LogP) is 2.58. The molecule has 0 saturated carbocycles. The van der Waals surface area contributed by atoms with Crippen molar-refractivity contribution < 1.29 is 14.2 Å². The van der Waals surface area contributed by atoms with Gasteiger partial charge in [-0.05, 0) is 36.2 Å². The maximum absolute atomic E-state index is 5.34. The lowest BCUT2D eigenvalue weighted by Gasteiger charge is -2.05. The molecule has 1 aromatic carbocycles. The summed E-state index contributed by atoms with van der Waals surface area (Å²) in [4.78, 5) is 0. The molecule has 1 aliphatic heterocycles. The third kappa shape index (κ3) is 2.54. The van der Waals surface area contributed by atoms with Crippen LogP contribution in [-0.2, 0) is 11.3 Å². The smallest absolute Gasteiger partial charge is 0.231 e. The highest BCUT2D eigenvalue weighted by molar-refractivity contribution is 8.22. The number of rotatable bonds is 2. The first-order chi connectivity index (χ1) is 7.29. The summed E-state index contributed by atoms with van der Waals surface area (Å²) in [5, 5.41) is 0. The Bertz CT molecular complexity index is 379. The van der Waals surface area contributed by atoms with E-state index >= 15 is 0 Å². The molecule has 2 rings (SSSR count). The second-order valence-electron chi connectivity index (χ2n) is 2.93. The zero-order chi connectivity index (χ0) is 10.7. The van der Waals surface area contributed by atoms with Crippen molar-refractivity contribution in [3.63, 3.8) is 0 Å². The van der Waals surface area contributed by atoms with Crippen molar-refractivity contribution in [1.82, 2.24) is 0 Å². The molecular formula is C10H10O3S2. The summed E-state index contributed by atoms with van der Waals surface area (Å²) in [5.41, 5.74) is 1.02. The fourth-order valence-electron chi connectivity index (χ4n) is 1.23. The van der Waals surface area contributed by atoms with Crippen molar-refractivity contribution in [3.8, 4) is 11.5 Å². The van der Waals surface area contributed by atoms with Gasteiger partial charge in [0.25, 0.3) is 0 Å². The van der Waals surface area contributed by atoms with Crippen molar-refractivity contribution in [2.24, 2.45) is 0 Å². The number of benzene rings is 1. The maximum atomic E-state index is 5.34. The quantitative estimate of drug-likeness (QED) is 0.743. The molecule has 15 heavy (non-hydrogen) atoms. The second kappa shape index (κ2) is 4.72. The van der Waals surface area contributed by atoms with Crippen molar-refractivity contribution in [2.75, 3.05) is 13.0 Å². The normalized spacial score (nSPS) is 12.6. The van der Waals surface area contributed by atoms with E-state index in [1.165, 1.54) is 11.8 Å². The molecule has 1 aliphatic rings. The zero-order valence-corrected chi connectivity index (χ0v) is 9.82. The monoisotopic (exact) mass is 242 g/mol. The van der Waals surface area contributed by atoms with Gasteiger partial charge in [-0.1, -0.05) is 17.8 Å². The number of thiocarbonyl (C=S) groups is 1. The molecule has 0 spiro atoms. The molecule has 0 saturated heterocycles. The van der Waals surface area contributed by atoms with Crippen LogP contribution in [-0.4, -0.2) is 17.4 Å². The SMILES string of the molecule is CSC(=S)OCc1ccc2c(c1)OCO2. The van der Waals surface area contributed by atoms with E-state index < -0.39 is 0 Å². The predicted molar refractivity (Wildman–Crippen MR) is 63.5 cm³/mol. The van der Waals surface area contributed by atoms with Gasteiger partial charge in [0.05, 0.1) is 0 Å². The summed E-state index contributed by atoms with van der Waals surface area (Å²) < 4.78 is 16.3. The summed E-state index contributed by atoms with van der Waals surface area (Å²) in [6, 6.07) is 5.73. The van der Waals surface area contributed by atoms with Crippen molar-refractivity contribution in [1.29, 1.82) is 0 Å². The third-order valence-corrected chi connectivity index (χ3v) is 3.03. The Morgan fingerprint density at radius 1 is 1.47 bits per heavy atom. The topological polar surface area (TPSA) is 27.7 Å². The fourth-order valence-corrected chi connectivity index (χ4v) is 1.47. The van der Waals surface area contributed by atoms with Gasteiger partial charge < -0.3 is 14.2 Å². The summed E-state index contributed by atoms with van der Waals surface area (Å²) in [6.45, 7) is 0.763. The lowest BCUT2D eigenvalue weighted by atomic mass is 10.2. The van der Waals surface area contributed by atoms with Gasteiger partial charge in [-0.25, -0.2) is 0 Å². The molecule has 0 N–H and O–H groups in total. The summed E-state index contributed by atoms with van der Waals surface area (Å²) >= 11 is 6.36. The minimum absolute atomic E-state index is 0.295. The molecule has 1 aromatic rings. The Labute approximate surface area is 97.7 Å².